The lowest BCUT2D eigenvalue weighted by atomic mass is 9.87. The lowest BCUT2D eigenvalue weighted by Gasteiger charge is -2.43. The fourth-order valence-electron chi connectivity index (χ4n) is 3.83. The summed E-state index contributed by atoms with van der Waals surface area (Å²) in [4.78, 5) is 2.47. The van der Waals surface area contributed by atoms with E-state index < -0.39 is 0 Å². The van der Waals surface area contributed by atoms with Gasteiger partial charge in [0.05, 0.1) is 17.2 Å². The molecule has 0 N–H and O–H groups in total. The number of hydrogen-bond donors (Lipinski definition) is 0. The second kappa shape index (κ2) is 7.74. The molecule has 2 nitrogen and oxygen atoms in total. The molecule has 0 spiro atoms. The molecule has 27 heavy (non-hydrogen) atoms. The predicted octanol–water partition coefficient (Wildman–Crippen LogP) is 6.93. The second-order valence-corrected chi connectivity index (χ2v) is 8.51. The van der Waals surface area contributed by atoms with Crippen LogP contribution in [0.25, 0.3) is 17.2 Å². The zero-order valence-electron chi connectivity index (χ0n) is 16.4. The van der Waals surface area contributed by atoms with E-state index in [0.717, 1.165) is 28.6 Å². The number of allylic oxidation sites excluding steroid dienone is 2. The summed E-state index contributed by atoms with van der Waals surface area (Å²) in [5.74, 6) is 0. The van der Waals surface area contributed by atoms with Gasteiger partial charge in [0.15, 0.2) is 0 Å². The summed E-state index contributed by atoms with van der Waals surface area (Å²) < 4.78 is 0.975. The van der Waals surface area contributed by atoms with Crippen LogP contribution in [0.5, 0.6) is 0 Å². The Hall–Kier alpha value is -2.31. The van der Waals surface area contributed by atoms with Crippen LogP contribution in [0.15, 0.2) is 53.0 Å². The number of rotatable bonds is 4. The molecule has 0 saturated heterocycles. The average Bonchev–Trinajstić information content (AvgIpc) is 2.63. The zero-order chi connectivity index (χ0) is 19.6. The van der Waals surface area contributed by atoms with E-state index in [1.807, 2.05) is 30.3 Å². The Morgan fingerprint density at radius 1 is 1.22 bits per heavy atom. The van der Waals surface area contributed by atoms with Crippen LogP contribution in [-0.2, 0) is 0 Å². The van der Waals surface area contributed by atoms with Gasteiger partial charge in [-0.3, -0.25) is 0 Å². The van der Waals surface area contributed by atoms with Gasteiger partial charge >= 0.3 is 0 Å². The van der Waals surface area contributed by atoms with E-state index >= 15 is 0 Å². The van der Waals surface area contributed by atoms with E-state index in [2.05, 4.69) is 78.9 Å². The van der Waals surface area contributed by atoms with Gasteiger partial charge in [0.2, 0.25) is 0 Å². The van der Waals surface area contributed by atoms with Gasteiger partial charge in [-0.05, 0) is 74.2 Å². The first-order valence-corrected chi connectivity index (χ1v) is 10.1. The fraction of sp³-hybridized carbons (Fsp3) is 0.292. The molecule has 0 fully saturated rings. The number of hydrogen-bond acceptors (Lipinski definition) is 2. The van der Waals surface area contributed by atoms with Crippen molar-refractivity contribution < 1.29 is 0 Å². The van der Waals surface area contributed by atoms with E-state index in [-0.39, 0.29) is 5.54 Å². The molecule has 138 valence electrons. The summed E-state index contributed by atoms with van der Waals surface area (Å²) in [5.41, 5.74) is 6.47. The van der Waals surface area contributed by atoms with Crippen molar-refractivity contribution in [2.75, 3.05) is 11.4 Å². The molecule has 0 saturated carbocycles. The molecule has 2 aromatic carbocycles. The lowest BCUT2D eigenvalue weighted by molar-refractivity contribution is 0.550. The Bertz CT molecular complexity index is 961. The van der Waals surface area contributed by atoms with E-state index in [0.29, 0.717) is 5.57 Å². The molecule has 0 aromatic heterocycles. The third-order valence-electron chi connectivity index (χ3n) is 5.02. The first kappa shape index (κ1) is 19.5. The summed E-state index contributed by atoms with van der Waals surface area (Å²) in [6.45, 7) is 9.96. The van der Waals surface area contributed by atoms with Crippen LogP contribution >= 0.6 is 15.9 Å². The van der Waals surface area contributed by atoms with Gasteiger partial charge in [0.25, 0.3) is 0 Å². The first-order chi connectivity index (χ1) is 12.9. The molecule has 1 aliphatic heterocycles. The summed E-state index contributed by atoms with van der Waals surface area (Å²) in [6.07, 6.45) is 5.43. The molecule has 0 atom stereocenters. The van der Waals surface area contributed by atoms with Crippen molar-refractivity contribution in [1.82, 2.24) is 0 Å². The van der Waals surface area contributed by atoms with Gasteiger partial charge in [-0.2, -0.15) is 5.26 Å². The van der Waals surface area contributed by atoms with Crippen LogP contribution in [0, 0.1) is 11.3 Å². The van der Waals surface area contributed by atoms with Gasteiger partial charge in [0.1, 0.15) is 0 Å². The third kappa shape index (κ3) is 4.01. The van der Waals surface area contributed by atoms with Crippen molar-refractivity contribution in [3.05, 3.63) is 69.7 Å². The van der Waals surface area contributed by atoms with Gasteiger partial charge in [-0.15, -0.1) is 0 Å². The van der Waals surface area contributed by atoms with E-state index in [4.69, 9.17) is 0 Å². The fourth-order valence-corrected chi connectivity index (χ4v) is 4.22. The molecule has 1 aliphatic rings. The van der Waals surface area contributed by atoms with E-state index in [1.165, 1.54) is 16.8 Å². The van der Waals surface area contributed by atoms with Gasteiger partial charge in [-0.1, -0.05) is 47.1 Å². The number of halogens is 1. The van der Waals surface area contributed by atoms with Crippen LogP contribution in [0.1, 0.15) is 50.8 Å². The highest BCUT2D eigenvalue weighted by Crippen LogP contribution is 2.39. The minimum Gasteiger partial charge on any atom is -0.362 e. The van der Waals surface area contributed by atoms with Crippen LogP contribution in [0.3, 0.4) is 0 Å². The van der Waals surface area contributed by atoms with Crippen molar-refractivity contribution in [3.8, 4) is 6.07 Å². The summed E-state index contributed by atoms with van der Waals surface area (Å²) in [7, 11) is 0. The van der Waals surface area contributed by atoms with Crippen LogP contribution < -0.4 is 4.90 Å². The Kier molecular flexibility index (Phi) is 5.58. The molecule has 3 rings (SSSR count). The molecular formula is C24H25BrN2. The molecule has 0 aliphatic carbocycles. The van der Waals surface area contributed by atoms with Crippen molar-refractivity contribution >= 4 is 38.8 Å². The average molecular weight is 421 g/mol. The Morgan fingerprint density at radius 2 is 2.00 bits per heavy atom. The number of fused-ring (bicyclic) bond motifs is 1. The zero-order valence-corrected chi connectivity index (χ0v) is 18.0. The molecular weight excluding hydrogens is 396 g/mol. The topological polar surface area (TPSA) is 27.0 Å². The van der Waals surface area contributed by atoms with Crippen molar-refractivity contribution in [2.45, 2.75) is 39.7 Å². The normalized spacial score (nSPS) is 15.8. The maximum absolute atomic E-state index is 9.65. The molecule has 0 bridgehead atoms. The predicted molar refractivity (Wildman–Crippen MR) is 119 cm³/mol. The summed E-state index contributed by atoms with van der Waals surface area (Å²) >= 11 is 3.48. The quantitative estimate of drug-likeness (QED) is 0.396. The lowest BCUT2D eigenvalue weighted by Crippen LogP contribution is -2.45. The van der Waals surface area contributed by atoms with Crippen LogP contribution in [0.4, 0.5) is 5.69 Å². The molecule has 1 heterocycles. The van der Waals surface area contributed by atoms with Gasteiger partial charge in [0, 0.05) is 22.3 Å². The number of nitriles is 1. The standard InChI is InChI=1S/C24H25BrN2/c1-5-11-27-23-10-9-18(13-22(23)17(2)15-24(27,3)4)12-20(16-26)19-7-6-8-21(25)14-19/h6-10,12-15H,5,11H2,1-4H3/b20-12+. The molecule has 0 unspecified atom stereocenters. The summed E-state index contributed by atoms with van der Waals surface area (Å²) in [6, 6.07) is 16.7. The molecule has 0 radical (unpaired) electrons. The van der Waals surface area contributed by atoms with E-state index in [9.17, 15) is 5.26 Å². The Morgan fingerprint density at radius 3 is 2.67 bits per heavy atom. The van der Waals surface area contributed by atoms with Crippen LogP contribution in [0.2, 0.25) is 0 Å². The molecule has 2 aromatic rings. The third-order valence-corrected chi connectivity index (χ3v) is 5.51. The van der Waals surface area contributed by atoms with Crippen molar-refractivity contribution in [2.24, 2.45) is 0 Å². The minimum absolute atomic E-state index is 0.0125. The Balaban J connectivity index is 2.06. The second-order valence-electron chi connectivity index (χ2n) is 7.59. The monoisotopic (exact) mass is 420 g/mol. The van der Waals surface area contributed by atoms with E-state index in [1.54, 1.807) is 0 Å². The highest BCUT2D eigenvalue weighted by Gasteiger charge is 2.30. The number of anilines is 1. The summed E-state index contributed by atoms with van der Waals surface area (Å²) in [5, 5.41) is 9.65. The van der Waals surface area contributed by atoms with Gasteiger partial charge < -0.3 is 4.90 Å². The highest BCUT2D eigenvalue weighted by atomic mass is 79.9. The van der Waals surface area contributed by atoms with Gasteiger partial charge in [-0.25, -0.2) is 0 Å². The smallest absolute Gasteiger partial charge is 0.0998 e. The van der Waals surface area contributed by atoms with Crippen molar-refractivity contribution in [3.63, 3.8) is 0 Å². The number of benzene rings is 2. The maximum Gasteiger partial charge on any atom is 0.0998 e. The first-order valence-electron chi connectivity index (χ1n) is 9.35. The molecule has 3 heteroatoms. The van der Waals surface area contributed by atoms with Crippen molar-refractivity contribution in [1.29, 1.82) is 5.26 Å². The molecule has 0 amide bonds. The SMILES string of the molecule is CCCN1c2ccc(/C=C(\C#N)c3cccc(Br)c3)cc2C(C)=CC1(C)C. The maximum atomic E-state index is 9.65. The largest absolute Gasteiger partial charge is 0.362 e. The highest BCUT2D eigenvalue weighted by molar-refractivity contribution is 9.10. The Labute approximate surface area is 171 Å². The van der Waals surface area contributed by atoms with Crippen LogP contribution in [-0.4, -0.2) is 12.1 Å². The minimum atomic E-state index is 0.0125. The number of nitrogens with zero attached hydrogens (tertiary/aromatic N) is 2.